The standard InChI is InChI=1S/C22H28N4O2/c1-2-10-24-13-15-25(16-14-24)17-18-7-8-20(21-19(18)6-5-9-23-21)28-22(27)26-11-3-4-12-26/h2,5-9H,1,3-4,10-17H2. The van der Waals surface area contributed by atoms with E-state index in [1.165, 1.54) is 5.56 Å². The van der Waals surface area contributed by atoms with Crippen molar-refractivity contribution in [1.29, 1.82) is 0 Å². The number of carbonyl (C=O) groups is 1. The van der Waals surface area contributed by atoms with Crippen molar-refractivity contribution >= 4 is 17.0 Å². The molecular formula is C22H28N4O2. The van der Waals surface area contributed by atoms with Gasteiger partial charge in [-0.25, -0.2) is 4.79 Å². The Bertz CT molecular complexity index is 840. The van der Waals surface area contributed by atoms with Crippen molar-refractivity contribution < 1.29 is 9.53 Å². The molecule has 0 bridgehead atoms. The van der Waals surface area contributed by atoms with Crippen LogP contribution in [0.25, 0.3) is 10.9 Å². The average molecular weight is 380 g/mol. The zero-order chi connectivity index (χ0) is 19.3. The Morgan fingerprint density at radius 3 is 2.57 bits per heavy atom. The molecule has 1 amide bonds. The minimum atomic E-state index is -0.268. The summed E-state index contributed by atoms with van der Waals surface area (Å²) in [5, 5.41) is 1.06. The van der Waals surface area contributed by atoms with Gasteiger partial charge in [0.2, 0.25) is 0 Å². The number of piperazine rings is 1. The average Bonchev–Trinajstić information content (AvgIpc) is 3.26. The molecule has 6 heteroatoms. The molecule has 6 nitrogen and oxygen atoms in total. The second kappa shape index (κ2) is 8.71. The van der Waals surface area contributed by atoms with Crippen LogP contribution in [0.5, 0.6) is 5.75 Å². The van der Waals surface area contributed by atoms with Crippen LogP contribution in [0.15, 0.2) is 43.1 Å². The monoisotopic (exact) mass is 380 g/mol. The van der Waals surface area contributed by atoms with Crippen molar-refractivity contribution in [3.63, 3.8) is 0 Å². The van der Waals surface area contributed by atoms with Crippen molar-refractivity contribution in [2.45, 2.75) is 19.4 Å². The van der Waals surface area contributed by atoms with Crippen LogP contribution in [0.3, 0.4) is 0 Å². The number of pyridine rings is 1. The molecule has 2 aliphatic heterocycles. The van der Waals surface area contributed by atoms with Gasteiger partial charge in [0, 0.05) is 63.9 Å². The van der Waals surface area contributed by atoms with Crippen LogP contribution in [-0.2, 0) is 6.54 Å². The predicted molar refractivity (Wildman–Crippen MR) is 110 cm³/mol. The van der Waals surface area contributed by atoms with E-state index in [0.29, 0.717) is 5.75 Å². The Hall–Kier alpha value is -2.44. The highest BCUT2D eigenvalue weighted by Gasteiger charge is 2.22. The Morgan fingerprint density at radius 2 is 1.82 bits per heavy atom. The molecule has 0 unspecified atom stereocenters. The van der Waals surface area contributed by atoms with Crippen molar-refractivity contribution in [3.8, 4) is 5.75 Å². The number of amides is 1. The molecule has 0 radical (unpaired) electrons. The molecule has 148 valence electrons. The SMILES string of the molecule is C=CCN1CCN(Cc2ccc(OC(=O)N3CCCC3)c3ncccc23)CC1. The van der Waals surface area contributed by atoms with Crippen molar-refractivity contribution in [3.05, 3.63) is 48.7 Å². The van der Waals surface area contributed by atoms with E-state index in [0.717, 1.165) is 76.1 Å². The molecule has 1 aromatic heterocycles. The number of fused-ring (bicyclic) bond motifs is 1. The van der Waals surface area contributed by atoms with E-state index in [2.05, 4.69) is 33.5 Å². The molecule has 4 rings (SSSR count). The summed E-state index contributed by atoms with van der Waals surface area (Å²) >= 11 is 0. The van der Waals surface area contributed by atoms with Gasteiger partial charge in [-0.2, -0.15) is 0 Å². The van der Waals surface area contributed by atoms with Gasteiger partial charge in [0.25, 0.3) is 0 Å². The fraction of sp³-hybridized carbons (Fsp3) is 0.455. The first-order chi connectivity index (χ1) is 13.7. The van der Waals surface area contributed by atoms with E-state index < -0.39 is 0 Å². The number of nitrogens with zero attached hydrogens (tertiary/aromatic N) is 4. The van der Waals surface area contributed by atoms with Gasteiger partial charge < -0.3 is 9.64 Å². The Kier molecular flexibility index (Phi) is 5.88. The number of aromatic nitrogens is 1. The van der Waals surface area contributed by atoms with Gasteiger partial charge in [0.1, 0.15) is 5.52 Å². The third-order valence-corrected chi connectivity index (χ3v) is 5.63. The van der Waals surface area contributed by atoms with Crippen LogP contribution in [0.1, 0.15) is 18.4 Å². The minimum absolute atomic E-state index is 0.268. The van der Waals surface area contributed by atoms with E-state index >= 15 is 0 Å². The molecular weight excluding hydrogens is 352 g/mol. The largest absolute Gasteiger partial charge is 0.415 e. The third-order valence-electron chi connectivity index (χ3n) is 5.63. The van der Waals surface area contributed by atoms with Crippen molar-refractivity contribution in [2.75, 3.05) is 45.8 Å². The van der Waals surface area contributed by atoms with E-state index in [9.17, 15) is 4.79 Å². The van der Waals surface area contributed by atoms with Gasteiger partial charge in [-0.1, -0.05) is 18.2 Å². The topological polar surface area (TPSA) is 48.9 Å². The van der Waals surface area contributed by atoms with Crippen LogP contribution in [0.4, 0.5) is 4.79 Å². The molecule has 0 spiro atoms. The summed E-state index contributed by atoms with van der Waals surface area (Å²) in [6, 6.07) is 7.98. The molecule has 2 aromatic rings. The van der Waals surface area contributed by atoms with Crippen LogP contribution in [-0.4, -0.2) is 71.6 Å². The minimum Gasteiger partial charge on any atom is -0.408 e. The van der Waals surface area contributed by atoms with Crippen LogP contribution in [0, 0.1) is 0 Å². The molecule has 2 fully saturated rings. The lowest BCUT2D eigenvalue weighted by atomic mass is 10.1. The molecule has 28 heavy (non-hydrogen) atoms. The number of hydrogen-bond donors (Lipinski definition) is 0. The first-order valence-electron chi connectivity index (χ1n) is 10.1. The Balaban J connectivity index is 1.49. The van der Waals surface area contributed by atoms with Gasteiger partial charge in [-0.15, -0.1) is 6.58 Å². The molecule has 1 aromatic carbocycles. The Morgan fingerprint density at radius 1 is 1.07 bits per heavy atom. The molecule has 0 N–H and O–H groups in total. The van der Waals surface area contributed by atoms with E-state index in [4.69, 9.17) is 4.74 Å². The highest BCUT2D eigenvalue weighted by atomic mass is 16.6. The summed E-state index contributed by atoms with van der Waals surface area (Å²) in [6.45, 7) is 11.4. The predicted octanol–water partition coefficient (Wildman–Crippen LogP) is 3.13. The lowest BCUT2D eigenvalue weighted by molar-refractivity contribution is 0.137. The molecule has 2 aliphatic rings. The maximum absolute atomic E-state index is 12.4. The van der Waals surface area contributed by atoms with Crippen LogP contribution < -0.4 is 4.74 Å². The third kappa shape index (κ3) is 4.18. The quantitative estimate of drug-likeness (QED) is 0.746. The number of benzene rings is 1. The second-order valence-electron chi connectivity index (χ2n) is 7.55. The number of ether oxygens (including phenoxy) is 1. The normalized spacial score (nSPS) is 18.5. The lowest BCUT2D eigenvalue weighted by Gasteiger charge is -2.34. The van der Waals surface area contributed by atoms with Crippen molar-refractivity contribution in [1.82, 2.24) is 19.7 Å². The molecule has 0 aliphatic carbocycles. The first-order valence-corrected chi connectivity index (χ1v) is 10.1. The van der Waals surface area contributed by atoms with Gasteiger partial charge in [0.05, 0.1) is 0 Å². The van der Waals surface area contributed by atoms with Crippen molar-refractivity contribution in [2.24, 2.45) is 0 Å². The number of likely N-dealkylation sites (tertiary alicyclic amines) is 1. The fourth-order valence-electron chi connectivity index (χ4n) is 4.04. The highest BCUT2D eigenvalue weighted by Crippen LogP contribution is 2.28. The highest BCUT2D eigenvalue weighted by molar-refractivity contribution is 5.89. The van der Waals surface area contributed by atoms with E-state index in [1.54, 1.807) is 11.1 Å². The second-order valence-corrected chi connectivity index (χ2v) is 7.55. The Labute approximate surface area is 166 Å². The van der Waals surface area contributed by atoms with Gasteiger partial charge >= 0.3 is 6.09 Å². The van der Waals surface area contributed by atoms with Gasteiger partial charge in [0.15, 0.2) is 5.75 Å². The summed E-state index contributed by atoms with van der Waals surface area (Å²) in [7, 11) is 0. The zero-order valence-corrected chi connectivity index (χ0v) is 16.3. The summed E-state index contributed by atoms with van der Waals surface area (Å²) in [4.78, 5) is 23.6. The van der Waals surface area contributed by atoms with Crippen LogP contribution >= 0.6 is 0 Å². The smallest absolute Gasteiger partial charge is 0.408 e. The fourth-order valence-corrected chi connectivity index (χ4v) is 4.04. The first kappa shape index (κ1) is 18.9. The molecule has 0 saturated carbocycles. The summed E-state index contributed by atoms with van der Waals surface area (Å²) in [5.41, 5.74) is 1.99. The summed E-state index contributed by atoms with van der Waals surface area (Å²) in [6.07, 6.45) is 5.56. The number of rotatable bonds is 5. The van der Waals surface area contributed by atoms with Gasteiger partial charge in [-0.3, -0.25) is 14.8 Å². The van der Waals surface area contributed by atoms with Crippen LogP contribution in [0.2, 0.25) is 0 Å². The van der Waals surface area contributed by atoms with Gasteiger partial charge in [-0.05, 0) is 30.5 Å². The zero-order valence-electron chi connectivity index (χ0n) is 16.3. The van der Waals surface area contributed by atoms with E-state index in [1.807, 2.05) is 18.2 Å². The number of hydrogen-bond acceptors (Lipinski definition) is 5. The number of carbonyl (C=O) groups excluding carboxylic acids is 1. The maximum atomic E-state index is 12.4. The lowest BCUT2D eigenvalue weighted by Crippen LogP contribution is -2.45. The molecule has 3 heterocycles. The molecule has 2 saturated heterocycles. The maximum Gasteiger partial charge on any atom is 0.415 e. The summed E-state index contributed by atoms with van der Waals surface area (Å²) < 4.78 is 5.69. The summed E-state index contributed by atoms with van der Waals surface area (Å²) in [5.74, 6) is 0.548. The molecule has 0 atom stereocenters. The van der Waals surface area contributed by atoms with E-state index in [-0.39, 0.29) is 6.09 Å².